The van der Waals surface area contributed by atoms with Crippen LogP contribution in [0.5, 0.6) is 0 Å². The molecule has 140 valence electrons. The zero-order chi connectivity index (χ0) is 18.8. The van der Waals surface area contributed by atoms with Gasteiger partial charge in [0.15, 0.2) is 0 Å². The number of anilines is 2. The van der Waals surface area contributed by atoms with Gasteiger partial charge in [0.1, 0.15) is 11.6 Å². The van der Waals surface area contributed by atoms with Crippen LogP contribution >= 0.6 is 11.6 Å². The maximum absolute atomic E-state index is 14.4. The molecule has 2 aromatic carbocycles. The Hall–Kier alpha value is -2.37. The molecule has 0 unspecified atom stereocenters. The van der Waals surface area contributed by atoms with Gasteiger partial charge in [0.2, 0.25) is 0 Å². The van der Waals surface area contributed by atoms with E-state index in [0.29, 0.717) is 24.7 Å². The highest BCUT2D eigenvalue weighted by Crippen LogP contribution is 2.31. The quantitative estimate of drug-likeness (QED) is 0.702. The van der Waals surface area contributed by atoms with Gasteiger partial charge in [-0.25, -0.2) is 9.37 Å². The van der Waals surface area contributed by atoms with E-state index in [0.717, 1.165) is 52.9 Å². The van der Waals surface area contributed by atoms with Crippen molar-refractivity contribution in [3.05, 3.63) is 64.4 Å². The Labute approximate surface area is 163 Å². The Morgan fingerprint density at radius 3 is 2.96 bits per heavy atom. The minimum Gasteiger partial charge on any atom is -0.383 e. The first-order valence-electron chi connectivity index (χ1n) is 9.21. The van der Waals surface area contributed by atoms with Crippen molar-refractivity contribution < 1.29 is 4.39 Å². The summed E-state index contributed by atoms with van der Waals surface area (Å²) in [7, 11) is 0. The van der Waals surface area contributed by atoms with Crippen LogP contribution in [0, 0.1) is 5.82 Å². The van der Waals surface area contributed by atoms with Gasteiger partial charge in [0.05, 0.1) is 5.52 Å². The lowest BCUT2D eigenvalue weighted by Crippen LogP contribution is -2.24. The highest BCUT2D eigenvalue weighted by atomic mass is 35.5. The van der Waals surface area contributed by atoms with Crippen molar-refractivity contribution >= 4 is 34.0 Å². The zero-order valence-electron chi connectivity index (χ0n) is 15.0. The van der Waals surface area contributed by atoms with Gasteiger partial charge in [-0.2, -0.15) is 0 Å². The molecule has 0 atom stereocenters. The van der Waals surface area contributed by atoms with Crippen LogP contribution in [0.15, 0.2) is 42.5 Å². The molecule has 4 rings (SSSR count). The summed E-state index contributed by atoms with van der Waals surface area (Å²) in [6, 6.07) is 13.0. The van der Waals surface area contributed by atoms with E-state index in [4.69, 9.17) is 22.3 Å². The molecule has 1 aliphatic heterocycles. The molecule has 0 saturated carbocycles. The Morgan fingerprint density at radius 1 is 1.22 bits per heavy atom. The summed E-state index contributed by atoms with van der Waals surface area (Å²) in [5.74, 6) is 0.689. The summed E-state index contributed by atoms with van der Waals surface area (Å²) in [4.78, 5) is 6.98. The number of rotatable bonds is 4. The highest BCUT2D eigenvalue weighted by molar-refractivity contribution is 6.31. The Balaban J connectivity index is 1.76. The van der Waals surface area contributed by atoms with Crippen LogP contribution in [0.3, 0.4) is 0 Å². The van der Waals surface area contributed by atoms with Crippen LogP contribution in [0.4, 0.5) is 15.9 Å². The molecule has 2 heterocycles. The number of nitrogens with one attached hydrogen (secondary N) is 1. The topological polar surface area (TPSA) is 54.2 Å². The predicted octanol–water partition coefficient (Wildman–Crippen LogP) is 4.35. The largest absolute Gasteiger partial charge is 0.383 e. The Bertz CT molecular complexity index is 976. The third kappa shape index (κ3) is 3.70. The van der Waals surface area contributed by atoms with Crippen molar-refractivity contribution in [2.24, 2.45) is 5.73 Å². The first-order chi connectivity index (χ1) is 13.2. The second-order valence-electron chi connectivity index (χ2n) is 6.81. The fraction of sp³-hybridized carbons (Fsp3) is 0.286. The van der Waals surface area contributed by atoms with Gasteiger partial charge < -0.3 is 16.0 Å². The van der Waals surface area contributed by atoms with Crippen LogP contribution in [0.1, 0.15) is 17.5 Å². The van der Waals surface area contributed by atoms with E-state index in [-0.39, 0.29) is 5.82 Å². The number of fused-ring (bicyclic) bond motifs is 2. The molecule has 27 heavy (non-hydrogen) atoms. The third-order valence-corrected chi connectivity index (χ3v) is 5.22. The van der Waals surface area contributed by atoms with E-state index in [1.807, 2.05) is 30.3 Å². The second-order valence-corrected chi connectivity index (χ2v) is 7.24. The lowest BCUT2D eigenvalue weighted by molar-refractivity contribution is 0.605. The van der Waals surface area contributed by atoms with Crippen molar-refractivity contribution in [2.75, 3.05) is 29.9 Å². The van der Waals surface area contributed by atoms with Crippen LogP contribution < -0.4 is 16.0 Å². The summed E-state index contributed by atoms with van der Waals surface area (Å²) in [6.07, 6.45) is 1.84. The molecule has 4 nitrogen and oxygen atoms in total. The van der Waals surface area contributed by atoms with Crippen molar-refractivity contribution in [3.8, 4) is 0 Å². The smallest absolute Gasteiger partial charge is 0.131 e. The number of aryl methyl sites for hydroxylation is 1. The maximum atomic E-state index is 14.4. The Morgan fingerprint density at radius 2 is 2.11 bits per heavy atom. The van der Waals surface area contributed by atoms with Gasteiger partial charge in [-0.1, -0.05) is 23.7 Å². The summed E-state index contributed by atoms with van der Waals surface area (Å²) in [5.41, 5.74) is 9.32. The molecule has 6 heteroatoms. The maximum Gasteiger partial charge on any atom is 0.131 e. The highest BCUT2D eigenvalue weighted by Gasteiger charge is 2.19. The van der Waals surface area contributed by atoms with Crippen molar-refractivity contribution in [2.45, 2.75) is 19.4 Å². The van der Waals surface area contributed by atoms with Gasteiger partial charge in [-0.3, -0.25) is 0 Å². The number of hydrogen-bond acceptors (Lipinski definition) is 4. The standard InChI is InChI=1S/C21H22ClFN4/c22-15-6-7-19-16(11-15)20(25-9-8-24)12-21(26-19)27-10-2-4-14-3-1-5-18(23)17(14)13-27/h1,3,5-7,11-12H,2,4,8-10,13,24H2,(H,25,26). The van der Waals surface area contributed by atoms with Gasteiger partial charge in [-0.05, 0) is 42.7 Å². The zero-order valence-corrected chi connectivity index (χ0v) is 15.8. The fourth-order valence-corrected chi connectivity index (χ4v) is 3.81. The number of nitrogens with two attached hydrogens (primary N) is 1. The molecular formula is C21H22ClFN4. The van der Waals surface area contributed by atoms with Crippen LogP contribution in [-0.4, -0.2) is 24.6 Å². The molecule has 1 aromatic heterocycles. The van der Waals surface area contributed by atoms with E-state index < -0.39 is 0 Å². The van der Waals surface area contributed by atoms with Crippen molar-refractivity contribution in [1.29, 1.82) is 0 Å². The van der Waals surface area contributed by atoms with E-state index >= 15 is 0 Å². The van der Waals surface area contributed by atoms with Gasteiger partial charge >= 0.3 is 0 Å². The molecule has 1 aliphatic rings. The summed E-state index contributed by atoms with van der Waals surface area (Å²) in [6.45, 7) is 2.53. The summed E-state index contributed by atoms with van der Waals surface area (Å²) >= 11 is 6.18. The number of benzene rings is 2. The van der Waals surface area contributed by atoms with Crippen LogP contribution in [-0.2, 0) is 13.0 Å². The van der Waals surface area contributed by atoms with Crippen molar-refractivity contribution in [1.82, 2.24) is 4.98 Å². The lowest BCUT2D eigenvalue weighted by Gasteiger charge is -2.24. The average molecular weight is 385 g/mol. The van der Waals surface area contributed by atoms with Gasteiger partial charge in [0, 0.05) is 53.9 Å². The van der Waals surface area contributed by atoms with Crippen molar-refractivity contribution in [3.63, 3.8) is 0 Å². The monoisotopic (exact) mass is 384 g/mol. The molecule has 0 fully saturated rings. The van der Waals surface area contributed by atoms with Crippen LogP contribution in [0.25, 0.3) is 10.9 Å². The van der Waals surface area contributed by atoms with Gasteiger partial charge in [0.25, 0.3) is 0 Å². The first-order valence-corrected chi connectivity index (χ1v) is 9.59. The summed E-state index contributed by atoms with van der Waals surface area (Å²) in [5, 5.41) is 4.99. The fourth-order valence-electron chi connectivity index (χ4n) is 3.64. The molecule has 3 aromatic rings. The minimum atomic E-state index is -0.145. The third-order valence-electron chi connectivity index (χ3n) is 4.98. The average Bonchev–Trinajstić information content (AvgIpc) is 2.90. The number of nitrogens with zero attached hydrogens (tertiary/aromatic N) is 2. The molecule has 3 N–H and O–H groups in total. The number of halogens is 2. The molecule has 0 radical (unpaired) electrons. The van der Waals surface area contributed by atoms with E-state index in [2.05, 4.69) is 10.2 Å². The summed E-state index contributed by atoms with van der Waals surface area (Å²) < 4.78 is 14.4. The predicted molar refractivity (Wildman–Crippen MR) is 110 cm³/mol. The molecular weight excluding hydrogens is 363 g/mol. The number of pyridine rings is 1. The molecule has 0 amide bonds. The second kappa shape index (κ2) is 7.71. The van der Waals surface area contributed by atoms with Gasteiger partial charge in [-0.15, -0.1) is 0 Å². The number of hydrogen-bond donors (Lipinski definition) is 2. The van der Waals surface area contributed by atoms with E-state index in [1.54, 1.807) is 6.07 Å². The van der Waals surface area contributed by atoms with Crippen LogP contribution in [0.2, 0.25) is 5.02 Å². The molecule has 0 bridgehead atoms. The molecule has 0 spiro atoms. The SMILES string of the molecule is NCCNc1cc(N2CCCc3cccc(F)c3C2)nc2ccc(Cl)cc12. The molecule has 0 saturated heterocycles. The Kier molecular flexibility index (Phi) is 5.14. The van der Waals surface area contributed by atoms with E-state index in [9.17, 15) is 4.39 Å². The first kappa shape index (κ1) is 18.0. The molecule has 0 aliphatic carbocycles. The minimum absolute atomic E-state index is 0.145. The number of aromatic nitrogens is 1. The normalized spacial score (nSPS) is 14.1. The van der Waals surface area contributed by atoms with E-state index in [1.165, 1.54) is 6.07 Å². The lowest BCUT2D eigenvalue weighted by atomic mass is 10.0.